The van der Waals surface area contributed by atoms with Crippen LogP contribution >= 0.6 is 0 Å². The van der Waals surface area contributed by atoms with E-state index in [0.29, 0.717) is 0 Å². The molecule has 0 unspecified atom stereocenters. The van der Waals surface area contributed by atoms with Crippen molar-refractivity contribution in [1.29, 1.82) is 0 Å². The highest BCUT2D eigenvalue weighted by Gasteiger charge is 2.17. The summed E-state index contributed by atoms with van der Waals surface area (Å²) in [5.41, 5.74) is 14.6. The Labute approximate surface area is 314 Å². The molecule has 8 aromatic carbocycles. The fourth-order valence-electron chi connectivity index (χ4n) is 8.59. The molecular formula is C51H39N3. The van der Waals surface area contributed by atoms with Gasteiger partial charge in [0, 0.05) is 61.8 Å². The van der Waals surface area contributed by atoms with Gasteiger partial charge in [-0.1, -0.05) is 111 Å². The van der Waals surface area contributed by atoms with Gasteiger partial charge in [-0.25, -0.2) is 0 Å². The standard InChI is InChI=1S/C49H33N3.C2H6/c1-50-44-24-20-32(34-22-26-48-40(28-34)38-16-8-10-18-46(38)51(48)36-12-4-2-5-13-36)30-42(44)43-31-33(21-25-45(43)50)35-23-27-49-41(29-35)39-17-9-11-19-47(39)52(49)37-14-6-3-7-15-37;1-2/h2-31H,1H3;1-2H3. The van der Waals surface area contributed by atoms with Gasteiger partial charge in [0.15, 0.2) is 0 Å². The Hall–Kier alpha value is -6.84. The van der Waals surface area contributed by atoms with Gasteiger partial charge in [-0.05, 0) is 107 Å². The molecule has 0 aliphatic carbocycles. The molecule has 0 saturated heterocycles. The second-order valence-electron chi connectivity index (χ2n) is 13.9. The number of hydrogen-bond donors (Lipinski definition) is 0. The van der Waals surface area contributed by atoms with E-state index in [2.05, 4.69) is 203 Å². The topological polar surface area (TPSA) is 14.8 Å². The summed E-state index contributed by atoms with van der Waals surface area (Å²) in [5.74, 6) is 0. The van der Waals surface area contributed by atoms with Crippen LogP contribution in [0.25, 0.3) is 99.0 Å². The Morgan fingerprint density at radius 2 is 0.574 bits per heavy atom. The molecule has 0 aliphatic rings. The molecule has 0 bridgehead atoms. The van der Waals surface area contributed by atoms with Crippen molar-refractivity contribution >= 4 is 65.4 Å². The van der Waals surface area contributed by atoms with Gasteiger partial charge in [-0.2, -0.15) is 0 Å². The number of para-hydroxylation sites is 4. The molecule has 3 aromatic heterocycles. The van der Waals surface area contributed by atoms with Crippen LogP contribution in [0.4, 0.5) is 0 Å². The van der Waals surface area contributed by atoms with Crippen molar-refractivity contribution in [2.24, 2.45) is 7.05 Å². The molecule has 258 valence electrons. The largest absolute Gasteiger partial charge is 0.344 e. The fraction of sp³-hybridized carbons (Fsp3) is 0.0588. The first kappa shape index (κ1) is 31.9. The third-order valence-corrected chi connectivity index (χ3v) is 11.0. The van der Waals surface area contributed by atoms with Crippen LogP contribution < -0.4 is 0 Å². The van der Waals surface area contributed by atoms with Crippen LogP contribution in [0.2, 0.25) is 0 Å². The normalized spacial score (nSPS) is 11.6. The van der Waals surface area contributed by atoms with Crippen LogP contribution in [0.15, 0.2) is 182 Å². The summed E-state index contributed by atoms with van der Waals surface area (Å²) in [6.07, 6.45) is 0. The summed E-state index contributed by atoms with van der Waals surface area (Å²) in [7, 11) is 2.18. The molecular weight excluding hydrogens is 655 g/mol. The lowest BCUT2D eigenvalue weighted by Crippen LogP contribution is -1.92. The predicted octanol–water partition coefficient (Wildman–Crippen LogP) is 13.9. The van der Waals surface area contributed by atoms with Gasteiger partial charge < -0.3 is 13.7 Å². The van der Waals surface area contributed by atoms with E-state index in [1.807, 2.05) is 13.8 Å². The lowest BCUT2D eigenvalue weighted by molar-refractivity contribution is 1.01. The quantitative estimate of drug-likeness (QED) is 0.174. The van der Waals surface area contributed by atoms with Gasteiger partial charge >= 0.3 is 0 Å². The SMILES string of the molecule is CC.Cn1c2ccc(-c3ccc4c(c3)c3ccccc3n4-c3ccccc3)cc2c2cc(-c3ccc4c(c3)c3ccccc3n4-c3ccccc3)ccc21. The summed E-state index contributed by atoms with van der Waals surface area (Å²) in [6, 6.07) is 66.6. The third-order valence-electron chi connectivity index (χ3n) is 11.0. The van der Waals surface area contributed by atoms with Gasteiger partial charge in [-0.3, -0.25) is 0 Å². The molecule has 11 rings (SSSR count). The number of aromatic nitrogens is 3. The number of hydrogen-bond acceptors (Lipinski definition) is 0. The average Bonchev–Trinajstić information content (AvgIpc) is 3.86. The number of rotatable bonds is 4. The molecule has 3 heterocycles. The highest BCUT2D eigenvalue weighted by atomic mass is 15.0. The average molecular weight is 694 g/mol. The molecule has 0 N–H and O–H groups in total. The van der Waals surface area contributed by atoms with Crippen LogP contribution in [0, 0.1) is 0 Å². The minimum atomic E-state index is 1.18. The second kappa shape index (κ2) is 12.7. The summed E-state index contributed by atoms with van der Waals surface area (Å²) in [5, 5.41) is 7.60. The molecule has 11 aromatic rings. The molecule has 54 heavy (non-hydrogen) atoms. The minimum absolute atomic E-state index is 1.18. The van der Waals surface area contributed by atoms with E-state index in [9.17, 15) is 0 Å². The van der Waals surface area contributed by atoms with Gasteiger partial charge in [-0.15, -0.1) is 0 Å². The zero-order valence-corrected chi connectivity index (χ0v) is 30.7. The maximum absolute atomic E-state index is 2.38. The first-order chi connectivity index (χ1) is 26.7. The molecule has 0 amide bonds. The minimum Gasteiger partial charge on any atom is -0.344 e. The van der Waals surface area contributed by atoms with Crippen LogP contribution in [-0.2, 0) is 7.05 Å². The summed E-state index contributed by atoms with van der Waals surface area (Å²) >= 11 is 0. The molecule has 3 nitrogen and oxygen atoms in total. The second-order valence-corrected chi connectivity index (χ2v) is 13.9. The lowest BCUT2D eigenvalue weighted by Gasteiger charge is -2.08. The summed E-state index contributed by atoms with van der Waals surface area (Å²) < 4.78 is 7.08. The predicted molar refractivity (Wildman–Crippen MR) is 231 cm³/mol. The van der Waals surface area contributed by atoms with Crippen LogP contribution in [-0.4, -0.2) is 13.7 Å². The molecule has 0 saturated carbocycles. The zero-order valence-electron chi connectivity index (χ0n) is 30.7. The van der Waals surface area contributed by atoms with Crippen LogP contribution in [0.3, 0.4) is 0 Å². The molecule has 0 atom stereocenters. The van der Waals surface area contributed by atoms with E-state index in [0.717, 1.165) is 0 Å². The first-order valence-corrected chi connectivity index (χ1v) is 18.9. The van der Waals surface area contributed by atoms with Crippen molar-refractivity contribution in [2.45, 2.75) is 13.8 Å². The Balaban J connectivity index is 0.00000178. The Bertz CT molecular complexity index is 2960. The van der Waals surface area contributed by atoms with E-state index in [-0.39, 0.29) is 0 Å². The van der Waals surface area contributed by atoms with Crippen molar-refractivity contribution in [3.63, 3.8) is 0 Å². The highest BCUT2D eigenvalue weighted by molar-refractivity contribution is 6.14. The third kappa shape index (κ3) is 4.82. The maximum Gasteiger partial charge on any atom is 0.0541 e. The van der Waals surface area contributed by atoms with E-state index in [1.165, 1.54) is 99.0 Å². The van der Waals surface area contributed by atoms with E-state index < -0.39 is 0 Å². The number of benzene rings is 8. The van der Waals surface area contributed by atoms with Crippen LogP contribution in [0.5, 0.6) is 0 Å². The van der Waals surface area contributed by atoms with Crippen molar-refractivity contribution in [2.75, 3.05) is 0 Å². The molecule has 0 aliphatic heterocycles. The number of nitrogens with zero attached hydrogens (tertiary/aromatic N) is 3. The molecule has 0 radical (unpaired) electrons. The van der Waals surface area contributed by atoms with Crippen molar-refractivity contribution in [3.05, 3.63) is 182 Å². The first-order valence-electron chi connectivity index (χ1n) is 18.9. The zero-order chi connectivity index (χ0) is 36.3. The van der Waals surface area contributed by atoms with Gasteiger partial charge in [0.05, 0.1) is 22.1 Å². The Kier molecular flexibility index (Phi) is 7.48. The van der Waals surface area contributed by atoms with E-state index in [4.69, 9.17) is 0 Å². The van der Waals surface area contributed by atoms with Crippen molar-refractivity contribution in [1.82, 2.24) is 13.7 Å². The summed E-state index contributed by atoms with van der Waals surface area (Å²) in [6.45, 7) is 4.00. The lowest BCUT2D eigenvalue weighted by atomic mass is 9.98. The molecule has 0 fully saturated rings. The number of fused-ring (bicyclic) bond motifs is 9. The fourth-order valence-corrected chi connectivity index (χ4v) is 8.59. The van der Waals surface area contributed by atoms with E-state index in [1.54, 1.807) is 0 Å². The Morgan fingerprint density at radius 1 is 0.278 bits per heavy atom. The van der Waals surface area contributed by atoms with Crippen molar-refractivity contribution < 1.29 is 0 Å². The monoisotopic (exact) mass is 693 g/mol. The number of aryl methyl sites for hydroxylation is 1. The van der Waals surface area contributed by atoms with Gasteiger partial charge in [0.25, 0.3) is 0 Å². The summed E-state index contributed by atoms with van der Waals surface area (Å²) in [4.78, 5) is 0. The van der Waals surface area contributed by atoms with E-state index >= 15 is 0 Å². The Morgan fingerprint density at radius 3 is 0.963 bits per heavy atom. The molecule has 0 spiro atoms. The van der Waals surface area contributed by atoms with Crippen LogP contribution in [0.1, 0.15) is 13.8 Å². The van der Waals surface area contributed by atoms with Gasteiger partial charge in [0.2, 0.25) is 0 Å². The highest BCUT2D eigenvalue weighted by Crippen LogP contribution is 2.39. The maximum atomic E-state index is 2.38. The van der Waals surface area contributed by atoms with Crippen molar-refractivity contribution in [3.8, 4) is 33.6 Å². The molecule has 3 heteroatoms. The van der Waals surface area contributed by atoms with Gasteiger partial charge in [0.1, 0.15) is 0 Å². The smallest absolute Gasteiger partial charge is 0.0541 e.